The summed E-state index contributed by atoms with van der Waals surface area (Å²) in [5, 5.41) is 7.80. The molecule has 0 amide bonds. The number of hydrogen-bond donors (Lipinski definition) is 2. The van der Waals surface area contributed by atoms with Crippen molar-refractivity contribution in [3.63, 3.8) is 0 Å². The zero-order chi connectivity index (χ0) is 20.1. The Morgan fingerprint density at radius 1 is 1.03 bits per heavy atom. The average molecular weight is 399 g/mol. The number of nitrogen functional groups attached to an aromatic ring is 1. The van der Waals surface area contributed by atoms with Crippen molar-refractivity contribution < 1.29 is 4.74 Å². The molecule has 150 valence electrons. The third kappa shape index (κ3) is 2.96. The van der Waals surface area contributed by atoms with E-state index < -0.39 is 0 Å². The number of ether oxygens (including phenoxy) is 1. The smallest absolute Gasteiger partial charge is 0.229 e. The predicted molar refractivity (Wildman–Crippen MR) is 115 cm³/mol. The number of nitrogens with two attached hydrogens (primary N) is 1. The summed E-state index contributed by atoms with van der Waals surface area (Å²) in [5.74, 6) is 1.09. The fourth-order valence-corrected chi connectivity index (χ4v) is 4.04. The average Bonchev–Trinajstić information content (AvgIpc) is 3.28. The molecule has 1 aliphatic heterocycles. The van der Waals surface area contributed by atoms with Crippen LogP contribution in [0, 0.1) is 0 Å². The van der Waals surface area contributed by atoms with Gasteiger partial charge in [0.1, 0.15) is 5.82 Å². The van der Waals surface area contributed by atoms with Gasteiger partial charge in [0.25, 0.3) is 0 Å². The lowest BCUT2D eigenvalue weighted by Crippen LogP contribution is -2.44. The Morgan fingerprint density at radius 3 is 2.77 bits per heavy atom. The highest BCUT2D eigenvalue weighted by Gasteiger charge is 2.48. The molecule has 8 heteroatoms. The Balaban J connectivity index is 1.39. The van der Waals surface area contributed by atoms with Crippen molar-refractivity contribution in [2.75, 3.05) is 30.3 Å². The summed E-state index contributed by atoms with van der Waals surface area (Å²) in [4.78, 5) is 16.3. The van der Waals surface area contributed by atoms with Gasteiger partial charge in [-0.25, -0.2) is 4.98 Å². The summed E-state index contributed by atoms with van der Waals surface area (Å²) in [7, 11) is 0. The maximum absolute atomic E-state index is 6.26. The van der Waals surface area contributed by atoms with Crippen molar-refractivity contribution in [1.82, 2.24) is 25.1 Å². The number of nitrogens with one attached hydrogen (secondary N) is 1. The summed E-state index contributed by atoms with van der Waals surface area (Å²) in [6.07, 6.45) is 3.94. The van der Waals surface area contributed by atoms with Gasteiger partial charge in [-0.15, -0.1) is 0 Å². The van der Waals surface area contributed by atoms with E-state index in [2.05, 4.69) is 26.1 Å². The molecule has 0 bridgehead atoms. The molecule has 4 aromatic rings. The summed E-state index contributed by atoms with van der Waals surface area (Å²) >= 11 is 0. The lowest BCUT2D eigenvalue weighted by Gasteiger charge is -2.33. The fourth-order valence-electron chi connectivity index (χ4n) is 4.04. The first-order valence-corrected chi connectivity index (χ1v) is 10.1. The van der Waals surface area contributed by atoms with Crippen LogP contribution < -0.4 is 10.6 Å². The Kier molecular flexibility index (Phi) is 3.76. The molecule has 3 aromatic heterocycles. The number of fused-ring (bicyclic) bond motifs is 1. The van der Waals surface area contributed by atoms with E-state index in [1.54, 1.807) is 6.20 Å². The maximum Gasteiger partial charge on any atom is 0.229 e. The molecular weight excluding hydrogens is 378 g/mol. The van der Waals surface area contributed by atoms with Gasteiger partial charge in [0, 0.05) is 30.4 Å². The molecule has 0 radical (unpaired) electrons. The van der Waals surface area contributed by atoms with Gasteiger partial charge in [-0.2, -0.15) is 15.1 Å². The standard InChI is InChI=1S/C22H21N7O/c23-19-16-4-5-17(14-2-1-3-15(12-14)18-6-9-24-28-18)25-20(16)27-21(26-19)29-10-11-30-22(13-29)7-8-22/h1-6,9,12H,7-8,10-11,13H2,(H,24,28)(H2,23,25,26,27). The number of rotatable bonds is 3. The maximum atomic E-state index is 6.26. The number of aromatic nitrogens is 5. The summed E-state index contributed by atoms with van der Waals surface area (Å²) in [5.41, 5.74) is 10.7. The number of nitrogens with zero attached hydrogens (tertiary/aromatic N) is 5. The molecule has 1 aliphatic carbocycles. The molecule has 1 aromatic carbocycles. The van der Waals surface area contributed by atoms with Crippen molar-refractivity contribution >= 4 is 22.8 Å². The van der Waals surface area contributed by atoms with E-state index in [-0.39, 0.29) is 5.60 Å². The number of anilines is 2. The topological polar surface area (TPSA) is 106 Å². The van der Waals surface area contributed by atoms with Crippen molar-refractivity contribution in [3.8, 4) is 22.5 Å². The second-order valence-electron chi connectivity index (χ2n) is 7.98. The molecule has 0 unspecified atom stereocenters. The molecule has 3 N–H and O–H groups in total. The minimum Gasteiger partial charge on any atom is -0.383 e. The van der Waals surface area contributed by atoms with E-state index in [0.29, 0.717) is 24.0 Å². The van der Waals surface area contributed by atoms with Crippen molar-refractivity contribution in [2.24, 2.45) is 0 Å². The number of aromatic amines is 1. The molecule has 2 fully saturated rings. The van der Waals surface area contributed by atoms with Crippen LogP contribution in [0.15, 0.2) is 48.7 Å². The van der Waals surface area contributed by atoms with E-state index in [1.807, 2.05) is 36.4 Å². The van der Waals surface area contributed by atoms with Gasteiger partial charge >= 0.3 is 0 Å². The Hall–Kier alpha value is -3.52. The molecule has 6 rings (SSSR count). The van der Waals surface area contributed by atoms with Gasteiger partial charge in [0.05, 0.1) is 29.0 Å². The van der Waals surface area contributed by atoms with E-state index in [9.17, 15) is 0 Å². The Bertz CT molecular complexity index is 1230. The molecule has 1 spiro atoms. The molecule has 1 saturated carbocycles. The zero-order valence-electron chi connectivity index (χ0n) is 16.4. The lowest BCUT2D eigenvalue weighted by molar-refractivity contribution is 0.0201. The summed E-state index contributed by atoms with van der Waals surface area (Å²) in [6.45, 7) is 2.26. The zero-order valence-corrected chi connectivity index (χ0v) is 16.4. The molecule has 8 nitrogen and oxygen atoms in total. The second kappa shape index (κ2) is 6.50. The molecule has 2 aliphatic rings. The molecule has 1 saturated heterocycles. The van der Waals surface area contributed by atoms with Crippen LogP contribution in [0.4, 0.5) is 11.8 Å². The van der Waals surface area contributed by atoms with Gasteiger partial charge in [-0.3, -0.25) is 5.10 Å². The molecule has 4 heterocycles. The first-order valence-electron chi connectivity index (χ1n) is 10.1. The summed E-state index contributed by atoms with van der Waals surface area (Å²) < 4.78 is 5.91. The molecular formula is C22H21N7O. The number of hydrogen-bond acceptors (Lipinski definition) is 7. The van der Waals surface area contributed by atoms with Gasteiger partial charge < -0.3 is 15.4 Å². The van der Waals surface area contributed by atoms with E-state index in [4.69, 9.17) is 20.4 Å². The Labute approximate surface area is 173 Å². The van der Waals surface area contributed by atoms with Gasteiger partial charge in [-0.05, 0) is 37.1 Å². The second-order valence-corrected chi connectivity index (χ2v) is 7.98. The van der Waals surface area contributed by atoms with E-state index in [0.717, 1.165) is 53.8 Å². The van der Waals surface area contributed by atoms with Gasteiger partial charge in [0.15, 0.2) is 5.65 Å². The summed E-state index contributed by atoms with van der Waals surface area (Å²) in [6, 6.07) is 14.0. The number of benzene rings is 1. The van der Waals surface area contributed by atoms with Crippen LogP contribution >= 0.6 is 0 Å². The van der Waals surface area contributed by atoms with Crippen LogP contribution in [0.5, 0.6) is 0 Å². The predicted octanol–water partition coefficient (Wildman–Crippen LogP) is 3.03. The third-order valence-electron chi connectivity index (χ3n) is 5.89. The van der Waals surface area contributed by atoms with E-state index >= 15 is 0 Å². The number of morpholine rings is 1. The van der Waals surface area contributed by atoms with Crippen LogP contribution in [-0.4, -0.2) is 50.4 Å². The van der Waals surface area contributed by atoms with E-state index in [1.165, 1.54) is 0 Å². The highest BCUT2D eigenvalue weighted by molar-refractivity contribution is 5.88. The quantitative estimate of drug-likeness (QED) is 0.545. The fraction of sp³-hybridized carbons (Fsp3) is 0.273. The minimum absolute atomic E-state index is 0.00623. The highest BCUT2D eigenvalue weighted by Crippen LogP contribution is 2.42. The van der Waals surface area contributed by atoms with Crippen LogP contribution in [0.3, 0.4) is 0 Å². The molecule has 0 atom stereocenters. The SMILES string of the molecule is Nc1nc(N2CCOC3(CC3)C2)nc2nc(-c3cccc(-c4ccn[nH]4)c3)ccc12. The van der Waals surface area contributed by atoms with Crippen LogP contribution in [0.1, 0.15) is 12.8 Å². The van der Waals surface area contributed by atoms with Crippen LogP contribution in [0.2, 0.25) is 0 Å². The van der Waals surface area contributed by atoms with Gasteiger partial charge in [-0.1, -0.05) is 18.2 Å². The van der Waals surface area contributed by atoms with Gasteiger partial charge in [0.2, 0.25) is 5.95 Å². The monoisotopic (exact) mass is 399 g/mol. The Morgan fingerprint density at radius 2 is 1.93 bits per heavy atom. The normalized spacial score (nSPS) is 17.5. The number of H-pyrrole nitrogens is 1. The molecule has 30 heavy (non-hydrogen) atoms. The third-order valence-corrected chi connectivity index (χ3v) is 5.89. The minimum atomic E-state index is -0.00623. The van der Waals surface area contributed by atoms with Crippen molar-refractivity contribution in [3.05, 3.63) is 48.7 Å². The first kappa shape index (κ1) is 17.3. The van der Waals surface area contributed by atoms with Crippen LogP contribution in [-0.2, 0) is 4.74 Å². The van der Waals surface area contributed by atoms with Crippen molar-refractivity contribution in [2.45, 2.75) is 18.4 Å². The number of pyridine rings is 1. The highest BCUT2D eigenvalue weighted by atomic mass is 16.5. The van der Waals surface area contributed by atoms with Crippen molar-refractivity contribution in [1.29, 1.82) is 0 Å². The van der Waals surface area contributed by atoms with Crippen LogP contribution in [0.25, 0.3) is 33.5 Å². The largest absolute Gasteiger partial charge is 0.383 e. The lowest BCUT2D eigenvalue weighted by atomic mass is 10.1. The first-order chi connectivity index (χ1) is 14.7.